The number of aryl methyl sites for hydroxylation is 1. The van der Waals surface area contributed by atoms with Gasteiger partial charge in [0.1, 0.15) is 0 Å². The van der Waals surface area contributed by atoms with Crippen LogP contribution in [0.3, 0.4) is 0 Å². The monoisotopic (exact) mass is 1650 g/mol. The second-order valence-corrected chi connectivity index (χ2v) is 30.2. The molecule has 3 fully saturated rings. The lowest BCUT2D eigenvalue weighted by atomic mass is 10.0. The summed E-state index contributed by atoms with van der Waals surface area (Å²) < 4.78 is 0. The summed E-state index contributed by atoms with van der Waals surface area (Å²) in [7, 11) is 1.70. The predicted octanol–water partition coefficient (Wildman–Crippen LogP) is 22.5. The Morgan fingerprint density at radius 3 is 0.532 bits per heavy atom. The summed E-state index contributed by atoms with van der Waals surface area (Å²) in [4.78, 5) is 137. The van der Waals surface area contributed by atoms with E-state index in [1.165, 1.54) is 16.0 Å². The minimum absolute atomic E-state index is 0.176. The molecule has 6 amide bonds. The van der Waals surface area contributed by atoms with Crippen LogP contribution in [0.15, 0.2) is 380 Å². The molecule has 3 aliphatic heterocycles. The maximum atomic E-state index is 14.2. The van der Waals surface area contributed by atoms with Gasteiger partial charge in [0.05, 0.1) is 73.9 Å². The topological polar surface area (TPSA) is 255 Å². The van der Waals surface area contributed by atoms with Gasteiger partial charge in [-0.05, 0) is 287 Å². The number of nitrogens with zero attached hydrogens (tertiary/aromatic N) is 14. The summed E-state index contributed by atoms with van der Waals surface area (Å²) >= 11 is 0. The minimum Gasteiger partial charge on any atom is -0.266 e. The quantitative estimate of drug-likeness (QED) is 0.0352. The van der Waals surface area contributed by atoms with E-state index in [0.29, 0.717) is 119 Å². The molecule has 0 saturated carbocycles. The van der Waals surface area contributed by atoms with E-state index >= 15 is 0 Å². The summed E-state index contributed by atoms with van der Waals surface area (Å²) in [5.74, 6) is 1.49. The predicted molar refractivity (Wildman–Crippen MR) is 491 cm³/mol. The average Bonchev–Trinajstić information content (AvgIpc) is 0.743. The van der Waals surface area contributed by atoms with E-state index in [2.05, 4.69) is 68.3 Å². The highest BCUT2D eigenvalue weighted by Gasteiger charge is 2.46. The number of urea groups is 3. The van der Waals surface area contributed by atoms with Crippen molar-refractivity contribution >= 4 is 140 Å². The lowest BCUT2D eigenvalue weighted by Crippen LogP contribution is -2.65. The summed E-state index contributed by atoms with van der Waals surface area (Å²) in [5.41, 5.74) is 24.8. The summed E-state index contributed by atoms with van der Waals surface area (Å²) in [6.07, 6.45) is 12.6. The van der Waals surface area contributed by atoms with Gasteiger partial charge in [-0.25, -0.2) is 77.8 Å². The number of hydrogen-bond acceptors (Lipinski definition) is 16. The molecule has 0 radical (unpaired) electrons. The number of isocyanates is 5. The van der Waals surface area contributed by atoms with Gasteiger partial charge in [-0.3, -0.25) is 4.90 Å². The van der Waals surface area contributed by atoms with Crippen LogP contribution in [0.4, 0.5) is 88.3 Å². The molecule has 22 heteroatoms. The van der Waals surface area contributed by atoms with Crippen LogP contribution in [-0.4, -0.2) is 78.3 Å². The molecule has 0 aliphatic carbocycles. The molecule has 0 bridgehead atoms. The highest BCUT2D eigenvalue weighted by atomic mass is 16.2. The van der Waals surface area contributed by atoms with E-state index in [1.807, 2.05) is 243 Å². The normalized spacial score (nSPS) is 13.5. The number of benzene rings is 14. The molecule has 0 unspecified atom stereocenters. The first-order valence-electron chi connectivity index (χ1n) is 40.4. The highest BCUT2D eigenvalue weighted by molar-refractivity contribution is 6.44. The van der Waals surface area contributed by atoms with Crippen molar-refractivity contribution in [3.8, 4) is 0 Å². The molecule has 126 heavy (non-hydrogen) atoms. The third-order valence-electron chi connectivity index (χ3n) is 21.5. The van der Waals surface area contributed by atoms with Gasteiger partial charge in [0.25, 0.3) is 0 Å². The van der Waals surface area contributed by atoms with E-state index in [9.17, 15) is 38.4 Å². The zero-order chi connectivity index (χ0) is 86.8. The first-order chi connectivity index (χ1) is 61.7. The Morgan fingerprint density at radius 2 is 0.349 bits per heavy atom. The van der Waals surface area contributed by atoms with Crippen molar-refractivity contribution in [3.63, 3.8) is 0 Å². The van der Waals surface area contributed by atoms with Crippen molar-refractivity contribution < 1.29 is 38.4 Å². The van der Waals surface area contributed by atoms with E-state index in [4.69, 9.17) is 15.0 Å². The third kappa shape index (κ3) is 19.8. The number of carbonyl (C=O) groups is 3. The summed E-state index contributed by atoms with van der Waals surface area (Å²) in [5, 5.41) is 0. The van der Waals surface area contributed by atoms with Crippen molar-refractivity contribution in [2.24, 2.45) is 39.9 Å². The summed E-state index contributed by atoms with van der Waals surface area (Å²) in [6.45, 7) is 2.08. The van der Waals surface area contributed by atoms with E-state index in [1.54, 1.807) is 123 Å². The van der Waals surface area contributed by atoms with Gasteiger partial charge < -0.3 is 0 Å². The van der Waals surface area contributed by atoms with Crippen LogP contribution in [0.5, 0.6) is 0 Å². The largest absolute Gasteiger partial charge is 0.342 e. The molecule has 0 aromatic heterocycles. The van der Waals surface area contributed by atoms with Crippen molar-refractivity contribution in [1.82, 2.24) is 4.90 Å². The Bertz CT molecular complexity index is 6710. The number of amides is 6. The maximum Gasteiger partial charge on any atom is 0.342 e. The van der Waals surface area contributed by atoms with Gasteiger partial charge in [-0.1, -0.05) is 188 Å². The number of aliphatic imine (C=N–C) groups is 8. The first-order valence-corrected chi connectivity index (χ1v) is 40.4. The molecule has 3 saturated heterocycles. The molecule has 14 aromatic rings. The van der Waals surface area contributed by atoms with Crippen LogP contribution in [0.2, 0.25) is 0 Å². The van der Waals surface area contributed by atoms with Crippen LogP contribution in [-0.2, 0) is 68.9 Å². The van der Waals surface area contributed by atoms with Crippen LogP contribution in [0, 0.1) is 6.92 Å². The molecular formula is C104H76N14O8. The fourth-order valence-corrected chi connectivity index (χ4v) is 14.8. The van der Waals surface area contributed by atoms with Crippen LogP contribution in [0.25, 0.3) is 0 Å². The Labute approximate surface area is 725 Å². The molecule has 0 N–H and O–H groups in total. The van der Waals surface area contributed by atoms with Gasteiger partial charge in [0, 0.05) is 7.05 Å². The zero-order valence-electron chi connectivity index (χ0n) is 68.3. The number of anilines is 5. The Balaban J connectivity index is 0.000000197. The van der Waals surface area contributed by atoms with Gasteiger partial charge in [-0.15, -0.1) is 0 Å². The average molecular weight is 1650 g/mol. The van der Waals surface area contributed by atoms with E-state index < -0.39 is 0 Å². The molecule has 22 nitrogen and oxygen atoms in total. The minimum atomic E-state index is -0.243. The standard InChI is InChI=1S/C60H43N9O5.C44H33N5O3/c1-66-57(67(59(66)73)54-28-12-46(13-29-54)35-42-4-20-50(21-5-42)62-39-71)64-52-24-8-45(9-25-52)37-48-16-32-56(33-17-48)69-58(65-53-26-10-44(11-27-53)34-41-2-18-49(19-3-41)61-38-70)68(60(69)74)55-30-14-47(15-31-55)36-43-6-22-51(23-7-43)63-40-72;1-31-2-4-32(5-3-31)26-36-12-22-41(23-13-36)48-43(47-40-20-10-35(11-21-40)27-33-6-16-38(17-7-33)45-29-50)49(44(48)52)42-24-14-37(15-25-42)28-34-8-18-39(19-9-34)46-30-51/h2-33H,34-37H2,1H3;2-25H,26-28H2,1H3. The van der Waals surface area contributed by atoms with Crippen molar-refractivity contribution in [2.45, 2.75) is 51.9 Å². The van der Waals surface area contributed by atoms with E-state index in [-0.39, 0.29) is 18.1 Å². The highest BCUT2D eigenvalue weighted by Crippen LogP contribution is 2.38. The van der Waals surface area contributed by atoms with Gasteiger partial charge in [0.15, 0.2) is 0 Å². The Morgan fingerprint density at radius 1 is 0.198 bits per heavy atom. The lowest BCUT2D eigenvalue weighted by Gasteiger charge is -2.42. The lowest BCUT2D eigenvalue weighted by molar-refractivity contribution is 0.225. The number of guanidine groups is 3. The summed E-state index contributed by atoms with van der Waals surface area (Å²) in [6, 6.07) is 108. The molecule has 610 valence electrons. The Kier molecular flexibility index (Phi) is 25.2. The smallest absolute Gasteiger partial charge is 0.266 e. The van der Waals surface area contributed by atoms with Crippen LogP contribution >= 0.6 is 0 Å². The van der Waals surface area contributed by atoms with Crippen LogP contribution in [0.1, 0.15) is 83.5 Å². The molecule has 0 atom stereocenters. The Hall–Kier alpha value is -17.2. The second kappa shape index (κ2) is 38.5. The fraction of sp³-hybridized carbons (Fsp3) is 0.0865. The molecule has 0 spiro atoms. The third-order valence-corrected chi connectivity index (χ3v) is 21.5. The number of hydrogen-bond donors (Lipinski definition) is 0. The first kappa shape index (κ1) is 82.5. The van der Waals surface area contributed by atoms with Gasteiger partial charge >= 0.3 is 18.1 Å². The van der Waals surface area contributed by atoms with Crippen molar-refractivity contribution in [2.75, 3.05) is 31.5 Å². The van der Waals surface area contributed by atoms with Gasteiger partial charge in [0.2, 0.25) is 48.3 Å². The second-order valence-electron chi connectivity index (χ2n) is 30.2. The van der Waals surface area contributed by atoms with Crippen LogP contribution < -0.4 is 24.5 Å². The molecular weight excluding hydrogens is 1570 g/mol. The zero-order valence-corrected chi connectivity index (χ0v) is 68.3. The number of carbonyl (C=O) groups excluding carboxylic acids is 8. The molecule has 3 heterocycles. The SMILES string of the molecule is CN1C(=O)N(c2ccc(Cc3ccc(N=C=O)cc3)cc2)C1=Nc1ccc(Cc2ccc(N3C(=O)N(c4ccc(Cc5ccc(N=C=O)cc5)cc4)C3=Nc3ccc(Cc4ccc(N=C=O)cc4)cc3)cc2)cc1.Cc1ccc(Cc2ccc(N3C(=O)N(c4ccc(Cc5ccc(N=C=O)cc5)cc4)C3=Nc3ccc(Cc4ccc(N=C=O)cc4)cc3)cc2)cc1. The molecule has 3 aliphatic rings. The van der Waals surface area contributed by atoms with Crippen molar-refractivity contribution in [1.29, 1.82) is 0 Å². The van der Waals surface area contributed by atoms with Gasteiger partial charge in [-0.2, -0.15) is 25.0 Å². The number of rotatable bonds is 27. The van der Waals surface area contributed by atoms with Crippen molar-refractivity contribution in [3.05, 3.63) is 423 Å². The molecule has 17 rings (SSSR count). The molecule has 14 aromatic carbocycles. The fourth-order valence-electron chi connectivity index (χ4n) is 14.8. The van der Waals surface area contributed by atoms with E-state index in [0.717, 1.165) is 90.1 Å². The maximum absolute atomic E-state index is 14.2.